The topological polar surface area (TPSA) is 44.2 Å². The van der Waals surface area contributed by atoms with Crippen molar-refractivity contribution >= 4 is 11.6 Å². The number of halogens is 1. The molecule has 2 rings (SSSR count). The fraction of sp³-hybridized carbons (Fsp3) is 0.0909. The Morgan fingerprint density at radius 1 is 1.19 bits per heavy atom. The van der Waals surface area contributed by atoms with Crippen LogP contribution in [0.5, 0.6) is 17.5 Å². The van der Waals surface area contributed by atoms with E-state index in [1.54, 1.807) is 43.8 Å². The monoisotopic (exact) mass is 236 g/mol. The fourth-order valence-corrected chi connectivity index (χ4v) is 1.28. The van der Waals surface area contributed by atoms with E-state index < -0.39 is 0 Å². The van der Waals surface area contributed by atoms with E-state index in [-0.39, 0.29) is 6.01 Å². The third-order valence-corrected chi connectivity index (χ3v) is 2.19. The third kappa shape index (κ3) is 2.41. The van der Waals surface area contributed by atoms with Gasteiger partial charge in [0, 0.05) is 18.5 Å². The van der Waals surface area contributed by atoms with Crippen LogP contribution in [0.25, 0.3) is 0 Å². The number of aromatic nitrogens is 2. The number of methoxy groups -OCH3 is 1. The Balaban J connectivity index is 2.27. The van der Waals surface area contributed by atoms with Crippen molar-refractivity contribution in [1.82, 2.24) is 9.97 Å². The lowest BCUT2D eigenvalue weighted by Crippen LogP contribution is -1.91. The van der Waals surface area contributed by atoms with Crippen LogP contribution in [-0.4, -0.2) is 17.1 Å². The summed E-state index contributed by atoms with van der Waals surface area (Å²) in [7, 11) is 1.58. The predicted molar refractivity (Wildman–Crippen MR) is 60.1 cm³/mol. The Bertz CT molecular complexity index is 477. The van der Waals surface area contributed by atoms with Crippen molar-refractivity contribution in [3.63, 3.8) is 0 Å². The van der Waals surface area contributed by atoms with Crippen molar-refractivity contribution < 1.29 is 9.47 Å². The van der Waals surface area contributed by atoms with Crippen molar-refractivity contribution in [2.24, 2.45) is 0 Å². The van der Waals surface area contributed by atoms with Crippen LogP contribution in [0.4, 0.5) is 0 Å². The standard InChI is InChI=1S/C11H9ClN2O2/c1-15-8-3-4-9(12)10(7-8)16-11-13-5-2-6-14-11/h2-7H,1H3. The predicted octanol–water partition coefficient (Wildman–Crippen LogP) is 2.93. The van der Waals surface area contributed by atoms with Crippen molar-refractivity contribution in [2.45, 2.75) is 0 Å². The molecule has 0 spiro atoms. The Morgan fingerprint density at radius 3 is 2.62 bits per heavy atom. The van der Waals surface area contributed by atoms with E-state index >= 15 is 0 Å². The van der Waals surface area contributed by atoms with Crippen molar-refractivity contribution in [1.29, 1.82) is 0 Å². The molecule has 0 N–H and O–H groups in total. The van der Waals surface area contributed by atoms with Gasteiger partial charge in [-0.2, -0.15) is 0 Å². The molecule has 0 radical (unpaired) electrons. The van der Waals surface area contributed by atoms with Gasteiger partial charge in [0.05, 0.1) is 12.1 Å². The van der Waals surface area contributed by atoms with Crippen LogP contribution < -0.4 is 9.47 Å². The van der Waals surface area contributed by atoms with Gasteiger partial charge in [-0.15, -0.1) is 0 Å². The number of hydrogen-bond donors (Lipinski definition) is 0. The van der Waals surface area contributed by atoms with Gasteiger partial charge in [-0.3, -0.25) is 0 Å². The fourth-order valence-electron chi connectivity index (χ4n) is 1.13. The Morgan fingerprint density at radius 2 is 1.94 bits per heavy atom. The highest BCUT2D eigenvalue weighted by Crippen LogP contribution is 2.31. The van der Waals surface area contributed by atoms with Crippen LogP contribution in [-0.2, 0) is 0 Å². The molecule has 0 amide bonds. The Labute approximate surface area is 97.8 Å². The van der Waals surface area contributed by atoms with Gasteiger partial charge in [0.2, 0.25) is 0 Å². The van der Waals surface area contributed by atoms with Crippen molar-refractivity contribution in [3.8, 4) is 17.5 Å². The van der Waals surface area contributed by atoms with E-state index in [0.29, 0.717) is 16.5 Å². The molecule has 16 heavy (non-hydrogen) atoms. The molecule has 0 saturated carbocycles. The molecule has 0 aliphatic heterocycles. The van der Waals surface area contributed by atoms with Gasteiger partial charge in [-0.05, 0) is 18.2 Å². The lowest BCUT2D eigenvalue weighted by atomic mass is 10.3. The molecular weight excluding hydrogens is 228 g/mol. The van der Waals surface area contributed by atoms with Crippen LogP contribution >= 0.6 is 11.6 Å². The van der Waals surface area contributed by atoms with Gasteiger partial charge in [0.1, 0.15) is 5.75 Å². The number of hydrogen-bond acceptors (Lipinski definition) is 4. The molecule has 1 heterocycles. The first-order chi connectivity index (χ1) is 7.79. The van der Waals surface area contributed by atoms with Crippen LogP contribution in [0, 0.1) is 0 Å². The molecule has 2 aromatic rings. The number of ether oxygens (including phenoxy) is 2. The highest BCUT2D eigenvalue weighted by atomic mass is 35.5. The maximum Gasteiger partial charge on any atom is 0.321 e. The first-order valence-corrected chi connectivity index (χ1v) is 4.96. The van der Waals surface area contributed by atoms with Gasteiger partial charge < -0.3 is 9.47 Å². The minimum atomic E-state index is 0.248. The highest BCUT2D eigenvalue weighted by molar-refractivity contribution is 6.32. The summed E-state index contributed by atoms with van der Waals surface area (Å²) >= 11 is 5.97. The average molecular weight is 237 g/mol. The Hall–Kier alpha value is -1.81. The van der Waals surface area contributed by atoms with Gasteiger partial charge in [-0.1, -0.05) is 11.6 Å². The molecule has 82 valence electrons. The van der Waals surface area contributed by atoms with E-state index in [1.807, 2.05) is 0 Å². The summed E-state index contributed by atoms with van der Waals surface area (Å²) in [5, 5.41) is 0.480. The van der Waals surface area contributed by atoms with Crippen LogP contribution in [0.15, 0.2) is 36.7 Å². The first-order valence-electron chi connectivity index (χ1n) is 4.58. The van der Waals surface area contributed by atoms with Gasteiger partial charge >= 0.3 is 6.01 Å². The van der Waals surface area contributed by atoms with Crippen LogP contribution in [0.2, 0.25) is 5.02 Å². The maximum atomic E-state index is 5.97. The molecule has 1 aromatic carbocycles. The van der Waals surface area contributed by atoms with Gasteiger partial charge in [0.25, 0.3) is 0 Å². The SMILES string of the molecule is COc1ccc(Cl)c(Oc2ncccn2)c1. The quantitative estimate of drug-likeness (QED) is 0.822. The number of nitrogens with zero attached hydrogens (tertiary/aromatic N) is 2. The zero-order valence-electron chi connectivity index (χ0n) is 8.55. The summed E-state index contributed by atoms with van der Waals surface area (Å²) in [6.07, 6.45) is 3.19. The van der Waals surface area contributed by atoms with Crippen LogP contribution in [0.3, 0.4) is 0 Å². The molecule has 0 fully saturated rings. The zero-order chi connectivity index (χ0) is 11.4. The molecule has 1 aromatic heterocycles. The number of benzene rings is 1. The van der Waals surface area contributed by atoms with E-state index in [2.05, 4.69) is 9.97 Å². The first kappa shape index (κ1) is 10.7. The molecule has 0 aliphatic carbocycles. The van der Waals surface area contributed by atoms with E-state index in [1.165, 1.54) is 0 Å². The summed E-state index contributed by atoms with van der Waals surface area (Å²) in [5.41, 5.74) is 0. The second kappa shape index (κ2) is 4.81. The smallest absolute Gasteiger partial charge is 0.321 e. The van der Waals surface area contributed by atoms with Crippen molar-refractivity contribution in [2.75, 3.05) is 7.11 Å². The molecule has 0 atom stereocenters. The second-order valence-electron chi connectivity index (χ2n) is 2.93. The molecule has 0 bridgehead atoms. The van der Waals surface area contributed by atoms with Gasteiger partial charge in [-0.25, -0.2) is 9.97 Å². The molecule has 5 heteroatoms. The molecule has 0 saturated heterocycles. The van der Waals surface area contributed by atoms with E-state index in [9.17, 15) is 0 Å². The van der Waals surface area contributed by atoms with Crippen LogP contribution in [0.1, 0.15) is 0 Å². The Kier molecular flexibility index (Phi) is 3.22. The van der Waals surface area contributed by atoms with Crippen molar-refractivity contribution in [3.05, 3.63) is 41.7 Å². The highest BCUT2D eigenvalue weighted by Gasteiger charge is 2.06. The lowest BCUT2D eigenvalue weighted by Gasteiger charge is -2.07. The third-order valence-electron chi connectivity index (χ3n) is 1.88. The molecule has 0 aliphatic rings. The summed E-state index contributed by atoms with van der Waals surface area (Å²) in [6, 6.07) is 7.08. The molecule has 4 nitrogen and oxygen atoms in total. The van der Waals surface area contributed by atoms with E-state index in [0.717, 1.165) is 0 Å². The lowest BCUT2D eigenvalue weighted by molar-refractivity contribution is 0.404. The summed E-state index contributed by atoms with van der Waals surface area (Å²) < 4.78 is 10.5. The second-order valence-corrected chi connectivity index (χ2v) is 3.34. The molecular formula is C11H9ClN2O2. The zero-order valence-corrected chi connectivity index (χ0v) is 9.31. The summed E-state index contributed by atoms with van der Waals surface area (Å²) in [6.45, 7) is 0. The maximum absolute atomic E-state index is 5.97. The molecule has 0 unspecified atom stereocenters. The minimum absolute atomic E-state index is 0.248. The summed E-state index contributed by atoms with van der Waals surface area (Å²) in [5.74, 6) is 1.13. The largest absolute Gasteiger partial charge is 0.497 e. The normalized spacial score (nSPS) is 9.88. The number of rotatable bonds is 3. The van der Waals surface area contributed by atoms with E-state index in [4.69, 9.17) is 21.1 Å². The van der Waals surface area contributed by atoms with Gasteiger partial charge in [0.15, 0.2) is 5.75 Å². The minimum Gasteiger partial charge on any atom is -0.497 e. The summed E-state index contributed by atoms with van der Waals surface area (Å²) in [4.78, 5) is 7.88. The average Bonchev–Trinajstić information content (AvgIpc) is 2.33.